The number of rotatable bonds is 3. The van der Waals surface area contributed by atoms with Crippen molar-refractivity contribution < 1.29 is 4.79 Å². The topological polar surface area (TPSA) is 45.2 Å². The van der Waals surface area contributed by atoms with Gasteiger partial charge in [0.1, 0.15) is 0 Å². The summed E-state index contributed by atoms with van der Waals surface area (Å²) in [5.41, 5.74) is 1.22. The Kier molecular flexibility index (Phi) is 7.12. The summed E-state index contributed by atoms with van der Waals surface area (Å²) >= 11 is 1.77. The van der Waals surface area contributed by atoms with E-state index in [4.69, 9.17) is 0 Å². The van der Waals surface area contributed by atoms with Crippen molar-refractivity contribution in [2.45, 2.75) is 39.2 Å². The molecule has 1 aromatic heterocycles. The lowest BCUT2D eigenvalue weighted by molar-refractivity contribution is -0.138. The van der Waals surface area contributed by atoms with Crippen LogP contribution in [0.25, 0.3) is 0 Å². The Hall–Kier alpha value is -0.360. The summed E-state index contributed by atoms with van der Waals surface area (Å²) in [4.78, 5) is 20.6. The maximum Gasteiger partial charge on any atom is 0.226 e. The van der Waals surface area contributed by atoms with Gasteiger partial charge in [0.05, 0.1) is 21.6 Å². The van der Waals surface area contributed by atoms with E-state index >= 15 is 0 Å². The zero-order valence-electron chi connectivity index (χ0n) is 13.3. The number of thiazole rings is 1. The van der Waals surface area contributed by atoms with Crippen molar-refractivity contribution in [2.24, 2.45) is 11.8 Å². The fourth-order valence-electron chi connectivity index (χ4n) is 3.23. The maximum absolute atomic E-state index is 12.7. The van der Waals surface area contributed by atoms with Crippen molar-refractivity contribution in [1.29, 1.82) is 0 Å². The molecule has 1 aromatic rings. The minimum Gasteiger partial charge on any atom is -0.338 e. The molecule has 1 N–H and O–H groups in total. The Morgan fingerprint density at radius 3 is 2.68 bits per heavy atom. The van der Waals surface area contributed by atoms with E-state index in [9.17, 15) is 4.79 Å². The average molecular weight is 366 g/mol. The Balaban J connectivity index is 0.00000121. The van der Waals surface area contributed by atoms with Gasteiger partial charge in [-0.2, -0.15) is 0 Å². The van der Waals surface area contributed by atoms with Gasteiger partial charge in [-0.3, -0.25) is 4.79 Å². The standard InChI is InChI=1S/C15H23N3OS.2ClH/c1-9(11-7-16-8-11)15(19)18(3)13-6-4-5-12-14(13)20-10(2)17-12;;/h9,11,13,16H,4-8H2,1-3H3;2*1H. The Bertz CT molecular complexity index is 519. The predicted octanol–water partition coefficient (Wildman–Crippen LogP) is 2.99. The zero-order valence-corrected chi connectivity index (χ0v) is 15.7. The molecule has 2 aliphatic rings. The molecule has 1 fully saturated rings. The number of carbonyl (C=O) groups excluding carboxylic acids is 1. The van der Waals surface area contributed by atoms with Gasteiger partial charge in [-0.25, -0.2) is 4.98 Å². The van der Waals surface area contributed by atoms with Crippen molar-refractivity contribution in [3.63, 3.8) is 0 Å². The molecule has 2 unspecified atom stereocenters. The maximum atomic E-state index is 12.7. The lowest BCUT2D eigenvalue weighted by Crippen LogP contribution is -2.50. The monoisotopic (exact) mass is 365 g/mol. The molecule has 22 heavy (non-hydrogen) atoms. The molecule has 0 radical (unpaired) electrons. The number of fused-ring (bicyclic) bond motifs is 1. The fraction of sp³-hybridized carbons (Fsp3) is 0.733. The number of amides is 1. The molecule has 1 aliphatic heterocycles. The first kappa shape index (κ1) is 19.7. The lowest BCUT2D eigenvalue weighted by Gasteiger charge is -2.37. The SMILES string of the molecule is Cc1nc2c(s1)C(N(C)C(=O)C(C)C1CNC1)CCC2.Cl.Cl. The van der Waals surface area contributed by atoms with Gasteiger partial charge in [0.25, 0.3) is 0 Å². The molecule has 0 aromatic carbocycles. The van der Waals surface area contributed by atoms with Gasteiger partial charge in [0.15, 0.2) is 0 Å². The van der Waals surface area contributed by atoms with E-state index in [1.165, 1.54) is 10.6 Å². The summed E-state index contributed by atoms with van der Waals surface area (Å²) in [5.74, 6) is 0.928. The summed E-state index contributed by atoms with van der Waals surface area (Å²) in [6.07, 6.45) is 3.28. The van der Waals surface area contributed by atoms with Gasteiger partial charge in [0, 0.05) is 13.0 Å². The minimum absolute atomic E-state index is 0. The largest absolute Gasteiger partial charge is 0.338 e. The van der Waals surface area contributed by atoms with E-state index in [1.807, 2.05) is 11.9 Å². The second-order valence-corrected chi connectivity index (χ2v) is 7.34. The van der Waals surface area contributed by atoms with Crippen molar-refractivity contribution in [2.75, 3.05) is 20.1 Å². The van der Waals surface area contributed by atoms with Gasteiger partial charge >= 0.3 is 0 Å². The number of carbonyl (C=O) groups is 1. The second-order valence-electron chi connectivity index (χ2n) is 6.11. The fourth-order valence-corrected chi connectivity index (χ4v) is 4.38. The Morgan fingerprint density at radius 1 is 1.41 bits per heavy atom. The molecule has 0 saturated carbocycles. The molecule has 0 spiro atoms. The van der Waals surface area contributed by atoms with Crippen molar-refractivity contribution in [3.8, 4) is 0 Å². The molecule has 4 nitrogen and oxygen atoms in total. The highest BCUT2D eigenvalue weighted by Gasteiger charge is 2.35. The number of halogens is 2. The number of aryl methyl sites for hydroxylation is 2. The van der Waals surface area contributed by atoms with Crippen molar-refractivity contribution in [1.82, 2.24) is 15.2 Å². The molecule has 3 rings (SSSR count). The summed E-state index contributed by atoms with van der Waals surface area (Å²) in [6.45, 7) is 6.10. The molecule has 1 amide bonds. The number of hydrogen-bond donors (Lipinski definition) is 1. The number of aromatic nitrogens is 1. The van der Waals surface area contributed by atoms with E-state index in [-0.39, 0.29) is 36.8 Å². The van der Waals surface area contributed by atoms with Gasteiger partial charge in [-0.1, -0.05) is 6.92 Å². The van der Waals surface area contributed by atoms with Crippen LogP contribution in [0.15, 0.2) is 0 Å². The van der Waals surface area contributed by atoms with Crippen molar-refractivity contribution in [3.05, 3.63) is 15.6 Å². The minimum atomic E-state index is 0. The van der Waals surface area contributed by atoms with Crippen LogP contribution in [0.3, 0.4) is 0 Å². The van der Waals surface area contributed by atoms with Crippen LogP contribution in [0.2, 0.25) is 0 Å². The van der Waals surface area contributed by atoms with Crippen LogP contribution in [0.5, 0.6) is 0 Å². The van der Waals surface area contributed by atoms with E-state index in [2.05, 4.69) is 24.1 Å². The first-order chi connectivity index (χ1) is 9.58. The summed E-state index contributed by atoms with van der Waals surface area (Å²) < 4.78 is 0. The van der Waals surface area contributed by atoms with Crippen LogP contribution in [-0.4, -0.2) is 35.9 Å². The highest BCUT2D eigenvalue weighted by molar-refractivity contribution is 7.11. The van der Waals surface area contributed by atoms with Crippen LogP contribution in [0.4, 0.5) is 0 Å². The molecule has 1 aliphatic carbocycles. The normalized spacial score (nSPS) is 21.7. The van der Waals surface area contributed by atoms with E-state index in [1.54, 1.807) is 11.3 Å². The third-order valence-corrected chi connectivity index (χ3v) is 5.87. The van der Waals surface area contributed by atoms with Crippen LogP contribution in [-0.2, 0) is 11.2 Å². The molecular weight excluding hydrogens is 341 g/mol. The highest BCUT2D eigenvalue weighted by atomic mass is 35.5. The van der Waals surface area contributed by atoms with Crippen LogP contribution in [0, 0.1) is 18.8 Å². The third kappa shape index (κ3) is 3.58. The van der Waals surface area contributed by atoms with Gasteiger partial charge in [0.2, 0.25) is 5.91 Å². The van der Waals surface area contributed by atoms with E-state index < -0.39 is 0 Å². The highest BCUT2D eigenvalue weighted by Crippen LogP contribution is 2.38. The summed E-state index contributed by atoms with van der Waals surface area (Å²) in [5, 5.41) is 4.38. The van der Waals surface area contributed by atoms with Gasteiger partial charge < -0.3 is 10.2 Å². The summed E-state index contributed by atoms with van der Waals surface area (Å²) in [6, 6.07) is 0.243. The molecule has 2 atom stereocenters. The van der Waals surface area contributed by atoms with Gasteiger partial charge in [-0.15, -0.1) is 36.2 Å². The molecular formula is C15H25Cl2N3OS. The summed E-state index contributed by atoms with van der Waals surface area (Å²) in [7, 11) is 1.97. The quantitative estimate of drug-likeness (QED) is 0.895. The average Bonchev–Trinajstić information content (AvgIpc) is 2.74. The predicted molar refractivity (Wildman–Crippen MR) is 95.3 cm³/mol. The van der Waals surface area contributed by atoms with E-state index in [0.717, 1.165) is 37.4 Å². The van der Waals surface area contributed by atoms with Crippen LogP contribution >= 0.6 is 36.2 Å². The number of nitrogens with one attached hydrogen (secondary N) is 1. The number of nitrogens with zero attached hydrogens (tertiary/aromatic N) is 2. The zero-order chi connectivity index (χ0) is 14.3. The van der Waals surface area contributed by atoms with Crippen molar-refractivity contribution >= 4 is 42.1 Å². The first-order valence-corrected chi connectivity index (χ1v) is 8.33. The number of hydrogen-bond acceptors (Lipinski definition) is 4. The van der Waals surface area contributed by atoms with Crippen LogP contribution < -0.4 is 5.32 Å². The molecule has 7 heteroatoms. The second kappa shape index (κ2) is 7.95. The Labute approximate surface area is 148 Å². The van der Waals surface area contributed by atoms with Gasteiger partial charge in [-0.05, 0) is 45.2 Å². The lowest BCUT2D eigenvalue weighted by atomic mass is 9.87. The molecule has 2 heterocycles. The Morgan fingerprint density at radius 2 is 2.09 bits per heavy atom. The molecule has 0 bridgehead atoms. The third-order valence-electron chi connectivity index (χ3n) is 4.75. The first-order valence-electron chi connectivity index (χ1n) is 7.51. The van der Waals surface area contributed by atoms with E-state index in [0.29, 0.717) is 11.8 Å². The van der Waals surface area contributed by atoms with Crippen LogP contribution in [0.1, 0.15) is 41.4 Å². The smallest absolute Gasteiger partial charge is 0.226 e. The molecule has 126 valence electrons. The molecule has 1 saturated heterocycles.